The van der Waals surface area contributed by atoms with Gasteiger partial charge in [0.15, 0.2) is 0 Å². The van der Waals surface area contributed by atoms with Crippen molar-refractivity contribution < 1.29 is 26.8 Å². The summed E-state index contributed by atoms with van der Waals surface area (Å²) in [5.41, 5.74) is -0.169. The third kappa shape index (κ3) is 6.33. The standard InChI is InChI=1S/C21H25F2N3O4S2/c22-21(23)32(29,30)18-6-2-1-5-17(18)25-19(27)14-26-11-8-15(9-12-26)20(28)24-10-7-16-4-3-13-31-16/h1-6,13,15,21H,7-12,14H2,(H,24,28)(H,25,27). The van der Waals surface area contributed by atoms with Gasteiger partial charge in [-0.2, -0.15) is 8.78 Å². The number of hydrogen-bond acceptors (Lipinski definition) is 6. The van der Waals surface area contributed by atoms with E-state index in [0.717, 1.165) is 12.5 Å². The van der Waals surface area contributed by atoms with Crippen LogP contribution in [0.1, 0.15) is 17.7 Å². The molecule has 3 rings (SSSR count). The van der Waals surface area contributed by atoms with Crippen LogP contribution in [0.15, 0.2) is 46.7 Å². The summed E-state index contributed by atoms with van der Waals surface area (Å²) in [5.74, 6) is -4.18. The van der Waals surface area contributed by atoms with E-state index in [1.165, 1.54) is 23.1 Å². The van der Waals surface area contributed by atoms with Gasteiger partial charge in [-0.1, -0.05) is 18.2 Å². The molecule has 0 radical (unpaired) electrons. The predicted octanol–water partition coefficient (Wildman–Crippen LogP) is 2.75. The van der Waals surface area contributed by atoms with E-state index < -0.39 is 26.4 Å². The maximum Gasteiger partial charge on any atom is 0.341 e. The summed E-state index contributed by atoms with van der Waals surface area (Å²) in [6.07, 6.45) is 2.01. The van der Waals surface area contributed by atoms with Gasteiger partial charge in [0.25, 0.3) is 0 Å². The first-order chi connectivity index (χ1) is 15.3. The third-order valence-electron chi connectivity index (χ3n) is 5.28. The van der Waals surface area contributed by atoms with Gasteiger partial charge in [0.05, 0.1) is 17.1 Å². The van der Waals surface area contributed by atoms with Gasteiger partial charge in [0, 0.05) is 17.3 Å². The first-order valence-electron chi connectivity index (χ1n) is 10.2. The SMILES string of the molecule is O=C(CN1CCC(C(=O)NCCc2cccs2)CC1)Nc1ccccc1S(=O)(=O)C(F)F. The van der Waals surface area contributed by atoms with Gasteiger partial charge < -0.3 is 10.6 Å². The van der Waals surface area contributed by atoms with Gasteiger partial charge in [-0.25, -0.2) is 8.42 Å². The van der Waals surface area contributed by atoms with Crippen LogP contribution in [0.25, 0.3) is 0 Å². The van der Waals surface area contributed by atoms with Gasteiger partial charge in [0.2, 0.25) is 21.7 Å². The lowest BCUT2D eigenvalue weighted by atomic mass is 9.96. The van der Waals surface area contributed by atoms with Crippen LogP contribution in [0.5, 0.6) is 0 Å². The fourth-order valence-electron chi connectivity index (χ4n) is 3.57. The van der Waals surface area contributed by atoms with Crippen LogP contribution in [-0.2, 0) is 25.8 Å². The van der Waals surface area contributed by atoms with E-state index in [9.17, 15) is 26.8 Å². The summed E-state index contributed by atoms with van der Waals surface area (Å²) in [7, 11) is -4.83. The Kier molecular flexibility index (Phi) is 8.32. The number of benzene rings is 1. The fourth-order valence-corrected chi connectivity index (χ4v) is 5.16. The van der Waals surface area contributed by atoms with Gasteiger partial charge in [-0.15, -0.1) is 11.3 Å². The number of thiophene rings is 1. The van der Waals surface area contributed by atoms with Crippen LogP contribution >= 0.6 is 11.3 Å². The fraction of sp³-hybridized carbons (Fsp3) is 0.429. The molecule has 2 amide bonds. The van der Waals surface area contributed by atoms with Crippen LogP contribution < -0.4 is 10.6 Å². The molecule has 2 N–H and O–H groups in total. The molecule has 1 saturated heterocycles. The van der Waals surface area contributed by atoms with E-state index in [0.29, 0.717) is 32.5 Å². The summed E-state index contributed by atoms with van der Waals surface area (Å²) < 4.78 is 49.4. The van der Waals surface area contributed by atoms with E-state index in [1.807, 2.05) is 22.4 Å². The second kappa shape index (κ2) is 11.0. The predicted molar refractivity (Wildman–Crippen MR) is 118 cm³/mol. The summed E-state index contributed by atoms with van der Waals surface area (Å²) in [6.45, 7) is 1.64. The Bertz CT molecular complexity index is 1020. The molecule has 0 aliphatic carbocycles. The molecular weight excluding hydrogens is 460 g/mol. The number of para-hydroxylation sites is 1. The van der Waals surface area contributed by atoms with Crippen molar-refractivity contribution in [3.8, 4) is 0 Å². The minimum absolute atomic E-state index is 0.0109. The lowest BCUT2D eigenvalue weighted by Crippen LogP contribution is -2.43. The quantitative estimate of drug-likeness (QED) is 0.570. The molecule has 0 atom stereocenters. The van der Waals surface area contributed by atoms with E-state index in [1.54, 1.807) is 11.3 Å². The van der Waals surface area contributed by atoms with E-state index in [-0.39, 0.29) is 24.1 Å². The van der Waals surface area contributed by atoms with Gasteiger partial charge in [-0.05, 0) is 55.9 Å². The van der Waals surface area contributed by atoms with Crippen molar-refractivity contribution in [1.82, 2.24) is 10.2 Å². The van der Waals surface area contributed by atoms with Crippen molar-refractivity contribution in [2.45, 2.75) is 29.9 Å². The van der Waals surface area contributed by atoms with Gasteiger partial charge in [0.1, 0.15) is 0 Å². The number of likely N-dealkylation sites (tertiary alicyclic amines) is 1. The zero-order valence-electron chi connectivity index (χ0n) is 17.3. The normalized spacial score (nSPS) is 15.6. The number of carbonyl (C=O) groups excluding carboxylic acids is 2. The minimum Gasteiger partial charge on any atom is -0.355 e. The number of sulfone groups is 1. The highest BCUT2D eigenvalue weighted by Gasteiger charge is 2.30. The zero-order chi connectivity index (χ0) is 23.1. The molecule has 0 unspecified atom stereocenters. The number of hydrogen-bond donors (Lipinski definition) is 2. The molecule has 32 heavy (non-hydrogen) atoms. The molecule has 1 fully saturated rings. The first-order valence-corrected chi connectivity index (χ1v) is 12.6. The number of rotatable bonds is 9. The Balaban J connectivity index is 1.45. The zero-order valence-corrected chi connectivity index (χ0v) is 18.9. The number of halogens is 2. The second-order valence-corrected chi connectivity index (χ2v) is 10.4. The second-order valence-electron chi connectivity index (χ2n) is 7.52. The molecule has 1 aromatic heterocycles. The lowest BCUT2D eigenvalue weighted by Gasteiger charge is -2.30. The van der Waals surface area contributed by atoms with Gasteiger partial charge >= 0.3 is 5.76 Å². The van der Waals surface area contributed by atoms with Crippen molar-refractivity contribution in [1.29, 1.82) is 0 Å². The number of piperidine rings is 1. The Hall–Kier alpha value is -2.37. The Morgan fingerprint density at radius 2 is 1.84 bits per heavy atom. The maximum absolute atomic E-state index is 12.9. The average Bonchev–Trinajstić information content (AvgIpc) is 3.28. The van der Waals surface area contributed by atoms with Crippen LogP contribution in [-0.4, -0.2) is 57.1 Å². The number of anilines is 1. The van der Waals surface area contributed by atoms with Crippen molar-refractivity contribution in [2.24, 2.45) is 5.92 Å². The van der Waals surface area contributed by atoms with Crippen molar-refractivity contribution >= 4 is 38.7 Å². The number of nitrogens with zero attached hydrogens (tertiary/aromatic N) is 1. The highest BCUT2D eigenvalue weighted by molar-refractivity contribution is 7.91. The smallest absolute Gasteiger partial charge is 0.341 e. The van der Waals surface area contributed by atoms with Crippen LogP contribution in [0.4, 0.5) is 14.5 Å². The van der Waals surface area contributed by atoms with Crippen molar-refractivity contribution in [3.05, 3.63) is 46.7 Å². The maximum atomic E-state index is 12.9. The lowest BCUT2D eigenvalue weighted by molar-refractivity contribution is -0.126. The molecular formula is C21H25F2N3O4S2. The molecule has 174 valence electrons. The molecule has 1 aliphatic rings. The Labute approximate surface area is 189 Å². The largest absolute Gasteiger partial charge is 0.355 e. The number of amides is 2. The van der Waals surface area contributed by atoms with Crippen molar-refractivity contribution in [3.63, 3.8) is 0 Å². The molecule has 1 aromatic carbocycles. The van der Waals surface area contributed by atoms with Crippen LogP contribution in [0, 0.1) is 5.92 Å². The summed E-state index contributed by atoms with van der Waals surface area (Å²) in [6, 6.07) is 9.11. The van der Waals surface area contributed by atoms with Gasteiger partial charge in [-0.3, -0.25) is 14.5 Å². The van der Waals surface area contributed by atoms with E-state index in [4.69, 9.17) is 0 Å². The third-order valence-corrected chi connectivity index (χ3v) is 7.65. The van der Waals surface area contributed by atoms with Crippen molar-refractivity contribution in [2.75, 3.05) is 31.5 Å². The molecule has 1 aliphatic heterocycles. The van der Waals surface area contributed by atoms with Crippen LogP contribution in [0.2, 0.25) is 0 Å². The molecule has 2 heterocycles. The van der Waals surface area contributed by atoms with E-state index >= 15 is 0 Å². The monoisotopic (exact) mass is 485 g/mol. The minimum atomic E-state index is -4.83. The summed E-state index contributed by atoms with van der Waals surface area (Å²) in [5, 5.41) is 7.38. The van der Waals surface area contributed by atoms with Crippen LogP contribution in [0.3, 0.4) is 0 Å². The molecule has 2 aromatic rings. The molecule has 0 bridgehead atoms. The van der Waals surface area contributed by atoms with E-state index in [2.05, 4.69) is 10.6 Å². The average molecular weight is 486 g/mol. The Morgan fingerprint density at radius 1 is 1.12 bits per heavy atom. The number of nitrogens with one attached hydrogen (secondary N) is 2. The summed E-state index contributed by atoms with van der Waals surface area (Å²) >= 11 is 1.65. The number of alkyl halides is 2. The topological polar surface area (TPSA) is 95.6 Å². The Morgan fingerprint density at radius 3 is 2.50 bits per heavy atom. The molecule has 0 saturated carbocycles. The molecule has 7 nitrogen and oxygen atoms in total. The summed E-state index contributed by atoms with van der Waals surface area (Å²) in [4.78, 5) is 27.2. The number of carbonyl (C=O) groups is 2. The molecule has 11 heteroatoms. The first kappa shape index (κ1) is 24.3. The highest BCUT2D eigenvalue weighted by Crippen LogP contribution is 2.26. The highest BCUT2D eigenvalue weighted by atomic mass is 32.2. The molecule has 0 spiro atoms.